The number of pyridine rings is 1. The highest BCUT2D eigenvalue weighted by Gasteiger charge is 2.30. The number of hydrogen-bond acceptors (Lipinski definition) is 3. The maximum absolute atomic E-state index is 13.1. The summed E-state index contributed by atoms with van der Waals surface area (Å²) in [7, 11) is 0. The molecule has 0 saturated carbocycles. The summed E-state index contributed by atoms with van der Waals surface area (Å²) in [5.41, 5.74) is 7.15. The molecule has 1 N–H and O–H groups in total. The Kier molecular flexibility index (Phi) is 6.14. The number of nitrogens with zero attached hydrogens (tertiary/aromatic N) is 2. The van der Waals surface area contributed by atoms with Crippen LogP contribution in [0.2, 0.25) is 0 Å². The number of benzene rings is 2. The van der Waals surface area contributed by atoms with Crippen LogP contribution < -0.4 is 0 Å². The van der Waals surface area contributed by atoms with E-state index in [9.17, 15) is 14.3 Å². The van der Waals surface area contributed by atoms with E-state index in [4.69, 9.17) is 0 Å². The summed E-state index contributed by atoms with van der Waals surface area (Å²) in [6, 6.07) is 15.3. The molecule has 0 unspecified atom stereocenters. The van der Waals surface area contributed by atoms with E-state index in [2.05, 4.69) is 55.2 Å². The molecule has 4 nitrogen and oxygen atoms in total. The van der Waals surface area contributed by atoms with Crippen molar-refractivity contribution in [1.29, 1.82) is 0 Å². The number of aryl methyl sites for hydroxylation is 1. The van der Waals surface area contributed by atoms with E-state index in [-0.39, 0.29) is 24.1 Å². The number of carbonyl (C=O) groups excluding carboxylic acids is 1. The Morgan fingerprint density at radius 3 is 2.77 bits per heavy atom. The molecule has 1 aromatic heterocycles. The third kappa shape index (κ3) is 4.23. The SMILES string of the molecule is CCc1c(C)cccc1-c1ccc([C@@H]2CCN(C(=O)c3ccc(F)cn3)C2)c(CO)c1. The van der Waals surface area contributed by atoms with Crippen molar-refractivity contribution in [2.75, 3.05) is 13.1 Å². The van der Waals surface area contributed by atoms with Crippen molar-refractivity contribution in [3.8, 4) is 11.1 Å². The van der Waals surface area contributed by atoms with Gasteiger partial charge in [0.1, 0.15) is 11.5 Å². The fraction of sp³-hybridized carbons (Fsp3) is 0.308. The number of carbonyl (C=O) groups is 1. The smallest absolute Gasteiger partial charge is 0.272 e. The Morgan fingerprint density at radius 2 is 2.06 bits per heavy atom. The first kappa shape index (κ1) is 21.2. The first-order chi connectivity index (χ1) is 15.0. The summed E-state index contributed by atoms with van der Waals surface area (Å²) in [5.74, 6) is -0.482. The van der Waals surface area contributed by atoms with Gasteiger partial charge in [-0.05, 0) is 71.3 Å². The summed E-state index contributed by atoms with van der Waals surface area (Å²) in [6.45, 7) is 5.43. The fourth-order valence-electron chi connectivity index (χ4n) is 4.61. The van der Waals surface area contributed by atoms with Gasteiger partial charge in [-0.2, -0.15) is 0 Å². The highest BCUT2D eigenvalue weighted by atomic mass is 19.1. The van der Waals surface area contributed by atoms with Crippen LogP contribution in [0.5, 0.6) is 0 Å². The zero-order valence-electron chi connectivity index (χ0n) is 17.9. The molecule has 2 aromatic carbocycles. The van der Waals surface area contributed by atoms with Crippen molar-refractivity contribution in [3.63, 3.8) is 0 Å². The van der Waals surface area contributed by atoms with Crippen molar-refractivity contribution in [2.24, 2.45) is 0 Å². The standard InChI is InChI=1S/C26H27FN2O2/c1-3-22-17(2)5-4-6-24(22)18-7-9-23(20(13-18)16-30)19-11-12-29(15-19)26(31)25-10-8-21(27)14-28-25/h4-10,13-14,19,30H,3,11-12,15-16H2,1-2H3/t19-/m1/s1. The van der Waals surface area contributed by atoms with Crippen molar-refractivity contribution < 1.29 is 14.3 Å². The second kappa shape index (κ2) is 8.98. The number of aliphatic hydroxyl groups is 1. The molecule has 1 aliphatic heterocycles. The number of likely N-dealkylation sites (tertiary alicyclic amines) is 1. The van der Waals surface area contributed by atoms with E-state index >= 15 is 0 Å². The molecular weight excluding hydrogens is 391 g/mol. The summed E-state index contributed by atoms with van der Waals surface area (Å²) in [4.78, 5) is 18.4. The second-order valence-electron chi connectivity index (χ2n) is 8.12. The maximum atomic E-state index is 13.1. The second-order valence-corrected chi connectivity index (χ2v) is 8.12. The van der Waals surface area contributed by atoms with Gasteiger partial charge in [0.15, 0.2) is 0 Å². The third-order valence-corrected chi connectivity index (χ3v) is 6.25. The Balaban J connectivity index is 1.57. The van der Waals surface area contributed by atoms with Gasteiger partial charge < -0.3 is 10.0 Å². The quantitative estimate of drug-likeness (QED) is 0.642. The van der Waals surface area contributed by atoms with Crippen molar-refractivity contribution >= 4 is 5.91 Å². The fourth-order valence-corrected chi connectivity index (χ4v) is 4.61. The van der Waals surface area contributed by atoms with Gasteiger partial charge in [0.05, 0.1) is 12.8 Å². The number of rotatable bonds is 5. The largest absolute Gasteiger partial charge is 0.392 e. The third-order valence-electron chi connectivity index (χ3n) is 6.25. The highest BCUT2D eigenvalue weighted by Crippen LogP contribution is 2.34. The van der Waals surface area contributed by atoms with E-state index in [1.165, 1.54) is 28.8 Å². The van der Waals surface area contributed by atoms with E-state index in [0.29, 0.717) is 13.1 Å². The molecule has 0 radical (unpaired) electrons. The van der Waals surface area contributed by atoms with Gasteiger partial charge in [0.25, 0.3) is 5.91 Å². The maximum Gasteiger partial charge on any atom is 0.272 e. The van der Waals surface area contributed by atoms with Crippen LogP contribution in [0.4, 0.5) is 4.39 Å². The molecule has 1 aliphatic rings. The van der Waals surface area contributed by atoms with E-state index in [0.717, 1.165) is 35.7 Å². The number of aliphatic hydroxyl groups excluding tert-OH is 1. The van der Waals surface area contributed by atoms with E-state index in [1.807, 2.05) is 0 Å². The lowest BCUT2D eigenvalue weighted by Crippen LogP contribution is -2.29. The summed E-state index contributed by atoms with van der Waals surface area (Å²) >= 11 is 0. The lowest BCUT2D eigenvalue weighted by molar-refractivity contribution is 0.0785. The molecule has 0 aliphatic carbocycles. The predicted octanol–water partition coefficient (Wildman–Crippen LogP) is 4.88. The lowest BCUT2D eigenvalue weighted by atomic mass is 9.88. The number of aromatic nitrogens is 1. The average molecular weight is 419 g/mol. The van der Waals surface area contributed by atoms with Gasteiger partial charge in [0.2, 0.25) is 0 Å². The van der Waals surface area contributed by atoms with Crippen LogP contribution in [0.1, 0.15) is 52.0 Å². The van der Waals surface area contributed by atoms with Gasteiger partial charge in [-0.15, -0.1) is 0 Å². The van der Waals surface area contributed by atoms with Crippen molar-refractivity contribution in [2.45, 2.75) is 39.2 Å². The lowest BCUT2D eigenvalue weighted by Gasteiger charge is -2.19. The molecule has 5 heteroatoms. The normalized spacial score (nSPS) is 16.0. The minimum absolute atomic E-state index is 0.0413. The predicted molar refractivity (Wildman–Crippen MR) is 119 cm³/mol. The number of amides is 1. The zero-order chi connectivity index (χ0) is 22.0. The molecule has 4 rings (SSSR count). The Morgan fingerprint density at radius 1 is 1.23 bits per heavy atom. The molecule has 1 atom stereocenters. The van der Waals surface area contributed by atoms with Crippen LogP contribution in [-0.2, 0) is 13.0 Å². The number of halogens is 1. The summed E-state index contributed by atoms with van der Waals surface area (Å²) < 4.78 is 13.1. The van der Waals surface area contributed by atoms with Gasteiger partial charge >= 0.3 is 0 Å². The first-order valence-corrected chi connectivity index (χ1v) is 10.7. The van der Waals surface area contributed by atoms with Gasteiger partial charge in [-0.25, -0.2) is 9.37 Å². The molecule has 160 valence electrons. The van der Waals surface area contributed by atoms with E-state index < -0.39 is 5.82 Å². The van der Waals surface area contributed by atoms with Crippen LogP contribution in [0.15, 0.2) is 54.7 Å². The minimum Gasteiger partial charge on any atom is -0.392 e. The zero-order valence-corrected chi connectivity index (χ0v) is 17.9. The Bertz CT molecular complexity index is 1100. The molecule has 1 saturated heterocycles. The average Bonchev–Trinajstić information content (AvgIpc) is 3.28. The van der Waals surface area contributed by atoms with Gasteiger partial charge in [-0.1, -0.05) is 37.3 Å². The molecule has 1 amide bonds. The highest BCUT2D eigenvalue weighted by molar-refractivity contribution is 5.92. The molecule has 3 aromatic rings. The Labute approximate surface area is 182 Å². The van der Waals surface area contributed by atoms with Gasteiger partial charge in [-0.3, -0.25) is 4.79 Å². The molecule has 2 heterocycles. The molecule has 1 fully saturated rings. The monoisotopic (exact) mass is 418 g/mol. The minimum atomic E-state index is -0.455. The topological polar surface area (TPSA) is 53.4 Å². The molecule has 0 bridgehead atoms. The first-order valence-electron chi connectivity index (χ1n) is 10.7. The molecule has 0 spiro atoms. The van der Waals surface area contributed by atoms with Crippen molar-refractivity contribution in [1.82, 2.24) is 9.88 Å². The number of hydrogen-bond donors (Lipinski definition) is 1. The van der Waals surface area contributed by atoms with Crippen LogP contribution in [0.3, 0.4) is 0 Å². The molecular formula is C26H27FN2O2. The van der Waals surface area contributed by atoms with Crippen LogP contribution in [0.25, 0.3) is 11.1 Å². The van der Waals surface area contributed by atoms with Gasteiger partial charge in [0, 0.05) is 19.0 Å². The summed E-state index contributed by atoms with van der Waals surface area (Å²) in [5, 5.41) is 10.1. The summed E-state index contributed by atoms with van der Waals surface area (Å²) in [6.07, 6.45) is 2.85. The molecule has 31 heavy (non-hydrogen) atoms. The van der Waals surface area contributed by atoms with Crippen LogP contribution in [0, 0.1) is 12.7 Å². The van der Waals surface area contributed by atoms with Crippen LogP contribution >= 0.6 is 0 Å². The van der Waals surface area contributed by atoms with Crippen LogP contribution in [-0.4, -0.2) is 34.0 Å². The van der Waals surface area contributed by atoms with Crippen molar-refractivity contribution in [3.05, 3.63) is 88.5 Å². The Hall–Kier alpha value is -3.05. The van der Waals surface area contributed by atoms with E-state index in [1.54, 1.807) is 4.90 Å².